The molecule has 0 unspecified atom stereocenters. The van der Waals surface area contributed by atoms with Gasteiger partial charge in [0.25, 0.3) is 5.91 Å². The fourth-order valence-corrected chi connectivity index (χ4v) is 2.15. The Labute approximate surface area is 111 Å². The molecule has 1 N–H and O–H groups in total. The lowest BCUT2D eigenvalue weighted by atomic mass is 10.0. The molecule has 0 saturated heterocycles. The van der Waals surface area contributed by atoms with Crippen LogP contribution in [0.25, 0.3) is 11.6 Å². The molecule has 2 aromatic rings. The van der Waals surface area contributed by atoms with Crippen molar-refractivity contribution < 1.29 is 9.53 Å². The van der Waals surface area contributed by atoms with Crippen LogP contribution in [0.4, 0.5) is 5.69 Å². The summed E-state index contributed by atoms with van der Waals surface area (Å²) in [6.07, 6.45) is 1.89. The Hall–Kier alpha value is -2.55. The minimum absolute atomic E-state index is 0.0583. The quantitative estimate of drug-likeness (QED) is 0.832. The van der Waals surface area contributed by atoms with Gasteiger partial charge in [0.05, 0.1) is 7.11 Å². The normalized spacial score (nSPS) is 15.2. The molecule has 0 aromatic heterocycles. The fraction of sp³-hybridized carbons (Fsp3) is 0.0625. The smallest absolute Gasteiger partial charge is 0.256 e. The first-order chi connectivity index (χ1) is 9.28. The van der Waals surface area contributed by atoms with Gasteiger partial charge in [0.1, 0.15) is 5.75 Å². The number of carbonyl (C=O) groups is 1. The highest BCUT2D eigenvalue weighted by atomic mass is 16.5. The molecule has 19 heavy (non-hydrogen) atoms. The van der Waals surface area contributed by atoms with Gasteiger partial charge in [-0.25, -0.2) is 0 Å². The molecule has 0 radical (unpaired) electrons. The number of ether oxygens (including phenoxy) is 1. The summed E-state index contributed by atoms with van der Waals surface area (Å²) >= 11 is 0. The average Bonchev–Trinajstić information content (AvgIpc) is 2.76. The van der Waals surface area contributed by atoms with Crippen LogP contribution in [0.2, 0.25) is 0 Å². The van der Waals surface area contributed by atoms with Crippen LogP contribution in [-0.2, 0) is 4.79 Å². The molecule has 94 valence electrons. The summed E-state index contributed by atoms with van der Waals surface area (Å²) in [6.45, 7) is 0. The summed E-state index contributed by atoms with van der Waals surface area (Å²) in [4.78, 5) is 12.0. The van der Waals surface area contributed by atoms with Gasteiger partial charge >= 0.3 is 0 Å². The van der Waals surface area contributed by atoms with E-state index in [4.69, 9.17) is 4.74 Å². The van der Waals surface area contributed by atoms with E-state index in [1.165, 1.54) is 0 Å². The van der Waals surface area contributed by atoms with Crippen molar-refractivity contribution in [2.24, 2.45) is 0 Å². The van der Waals surface area contributed by atoms with Crippen molar-refractivity contribution in [1.29, 1.82) is 0 Å². The van der Waals surface area contributed by atoms with Crippen LogP contribution >= 0.6 is 0 Å². The van der Waals surface area contributed by atoms with E-state index in [-0.39, 0.29) is 5.91 Å². The second-order valence-electron chi connectivity index (χ2n) is 4.33. The number of anilines is 1. The Kier molecular flexibility index (Phi) is 2.80. The maximum atomic E-state index is 12.0. The van der Waals surface area contributed by atoms with Crippen LogP contribution in [0.5, 0.6) is 5.75 Å². The SMILES string of the molecule is COc1ccc(/C=C2/C(=O)Nc3ccccc32)cc1. The Morgan fingerprint density at radius 3 is 2.53 bits per heavy atom. The molecule has 0 aliphatic carbocycles. The van der Waals surface area contributed by atoms with Crippen LogP contribution in [0, 0.1) is 0 Å². The summed E-state index contributed by atoms with van der Waals surface area (Å²) in [7, 11) is 1.63. The molecule has 1 amide bonds. The van der Waals surface area contributed by atoms with Crippen LogP contribution in [0.3, 0.4) is 0 Å². The van der Waals surface area contributed by atoms with E-state index >= 15 is 0 Å². The van der Waals surface area contributed by atoms with Crippen LogP contribution in [-0.4, -0.2) is 13.0 Å². The van der Waals surface area contributed by atoms with Crippen molar-refractivity contribution in [3.05, 3.63) is 59.7 Å². The molecule has 1 aliphatic heterocycles. The van der Waals surface area contributed by atoms with E-state index in [2.05, 4.69) is 5.32 Å². The van der Waals surface area contributed by atoms with Gasteiger partial charge in [-0.15, -0.1) is 0 Å². The zero-order valence-electron chi connectivity index (χ0n) is 10.5. The Morgan fingerprint density at radius 1 is 1.05 bits per heavy atom. The molecule has 3 heteroatoms. The molecule has 3 nitrogen and oxygen atoms in total. The van der Waals surface area contributed by atoms with Gasteiger partial charge in [0.15, 0.2) is 0 Å². The third-order valence-electron chi connectivity index (χ3n) is 3.14. The van der Waals surface area contributed by atoms with Gasteiger partial charge in [-0.05, 0) is 29.8 Å². The zero-order chi connectivity index (χ0) is 13.2. The second-order valence-corrected chi connectivity index (χ2v) is 4.33. The molecular formula is C16H13NO2. The number of rotatable bonds is 2. The third kappa shape index (κ3) is 2.10. The van der Waals surface area contributed by atoms with E-state index in [9.17, 15) is 4.79 Å². The molecule has 0 saturated carbocycles. The summed E-state index contributed by atoms with van der Waals surface area (Å²) in [5.41, 5.74) is 3.49. The number of amides is 1. The number of hydrogen-bond donors (Lipinski definition) is 1. The predicted molar refractivity (Wildman–Crippen MR) is 75.9 cm³/mol. The molecule has 1 heterocycles. The maximum absolute atomic E-state index is 12.0. The largest absolute Gasteiger partial charge is 0.497 e. The van der Waals surface area contributed by atoms with Crippen molar-refractivity contribution in [2.45, 2.75) is 0 Å². The molecule has 0 atom stereocenters. The maximum Gasteiger partial charge on any atom is 0.256 e. The summed E-state index contributed by atoms with van der Waals surface area (Å²) in [6, 6.07) is 15.3. The van der Waals surface area contributed by atoms with E-state index in [0.717, 1.165) is 22.6 Å². The lowest BCUT2D eigenvalue weighted by molar-refractivity contribution is -0.110. The lowest BCUT2D eigenvalue weighted by Crippen LogP contribution is -2.03. The zero-order valence-corrected chi connectivity index (χ0v) is 10.5. The van der Waals surface area contributed by atoms with Gasteiger partial charge in [-0.2, -0.15) is 0 Å². The second kappa shape index (κ2) is 4.61. The van der Waals surface area contributed by atoms with Crippen LogP contribution in [0.1, 0.15) is 11.1 Å². The number of benzene rings is 2. The highest BCUT2D eigenvalue weighted by Gasteiger charge is 2.22. The number of methoxy groups -OCH3 is 1. The third-order valence-corrected chi connectivity index (χ3v) is 3.14. The van der Waals surface area contributed by atoms with Crippen molar-refractivity contribution in [3.63, 3.8) is 0 Å². The number of hydrogen-bond acceptors (Lipinski definition) is 2. The summed E-state index contributed by atoms with van der Waals surface area (Å²) in [5, 5.41) is 2.86. The van der Waals surface area contributed by atoms with Gasteiger partial charge < -0.3 is 10.1 Å². The minimum atomic E-state index is -0.0583. The number of para-hydroxylation sites is 1. The Balaban J connectivity index is 2.01. The van der Waals surface area contributed by atoms with Gasteiger partial charge in [-0.1, -0.05) is 30.3 Å². The highest BCUT2D eigenvalue weighted by molar-refractivity contribution is 6.34. The monoisotopic (exact) mass is 251 g/mol. The van der Waals surface area contributed by atoms with E-state index in [0.29, 0.717) is 5.57 Å². The van der Waals surface area contributed by atoms with Crippen LogP contribution < -0.4 is 10.1 Å². The molecule has 0 fully saturated rings. The predicted octanol–water partition coefficient (Wildman–Crippen LogP) is 3.19. The first-order valence-corrected chi connectivity index (χ1v) is 6.04. The van der Waals surface area contributed by atoms with Gasteiger partial charge in [0, 0.05) is 16.8 Å². The molecule has 0 bridgehead atoms. The van der Waals surface area contributed by atoms with Gasteiger partial charge in [-0.3, -0.25) is 4.79 Å². The number of carbonyl (C=O) groups excluding carboxylic acids is 1. The van der Waals surface area contributed by atoms with Crippen molar-refractivity contribution in [2.75, 3.05) is 12.4 Å². The first kappa shape index (κ1) is 11.5. The molecule has 1 aliphatic rings. The van der Waals surface area contributed by atoms with E-state index in [1.807, 2.05) is 54.6 Å². The first-order valence-electron chi connectivity index (χ1n) is 6.04. The molecule has 2 aromatic carbocycles. The van der Waals surface area contributed by atoms with E-state index < -0.39 is 0 Å². The molecular weight excluding hydrogens is 238 g/mol. The molecule has 3 rings (SSSR count). The van der Waals surface area contributed by atoms with Crippen molar-refractivity contribution in [3.8, 4) is 5.75 Å². The lowest BCUT2D eigenvalue weighted by Gasteiger charge is -2.01. The van der Waals surface area contributed by atoms with E-state index in [1.54, 1.807) is 7.11 Å². The van der Waals surface area contributed by atoms with Crippen molar-refractivity contribution in [1.82, 2.24) is 0 Å². The fourth-order valence-electron chi connectivity index (χ4n) is 2.15. The standard InChI is InChI=1S/C16H13NO2/c1-19-12-8-6-11(7-9-12)10-14-13-4-2-3-5-15(13)17-16(14)18/h2-10H,1H3,(H,17,18)/b14-10+. The molecule has 0 spiro atoms. The summed E-state index contributed by atoms with van der Waals surface area (Å²) < 4.78 is 5.12. The highest BCUT2D eigenvalue weighted by Crippen LogP contribution is 2.32. The van der Waals surface area contributed by atoms with Crippen molar-refractivity contribution >= 4 is 23.2 Å². The summed E-state index contributed by atoms with van der Waals surface area (Å²) in [5.74, 6) is 0.746. The number of nitrogens with one attached hydrogen (secondary N) is 1. The number of fused-ring (bicyclic) bond motifs is 1. The Morgan fingerprint density at radius 2 is 1.79 bits per heavy atom. The Bertz CT molecular complexity index is 657. The minimum Gasteiger partial charge on any atom is -0.497 e. The van der Waals surface area contributed by atoms with Crippen LogP contribution in [0.15, 0.2) is 48.5 Å². The van der Waals surface area contributed by atoms with Gasteiger partial charge in [0.2, 0.25) is 0 Å². The topological polar surface area (TPSA) is 38.3 Å². The average molecular weight is 251 g/mol.